The van der Waals surface area contributed by atoms with Crippen molar-refractivity contribution >= 4 is 58.0 Å². The molecule has 4 atom stereocenters. The maximum atomic E-state index is 13.3. The Bertz CT molecular complexity index is 1040. The summed E-state index contributed by atoms with van der Waals surface area (Å²) in [4.78, 5) is 40.3. The molecule has 3 N–H and O–H groups in total. The van der Waals surface area contributed by atoms with Crippen LogP contribution in [0.3, 0.4) is 0 Å². The number of rotatable bonds is 4. The number of thiophene rings is 1. The molecule has 2 aromatic rings. The number of carboxylic acid groups (broad SMARTS) is 1. The lowest BCUT2D eigenvalue weighted by Gasteiger charge is -2.29. The number of anilines is 1. The van der Waals surface area contributed by atoms with Crippen molar-refractivity contribution in [3.63, 3.8) is 0 Å². The fraction of sp³-hybridized carbons (Fsp3) is 0.316. The van der Waals surface area contributed by atoms with Gasteiger partial charge in [-0.2, -0.15) is 0 Å². The zero-order valence-corrected chi connectivity index (χ0v) is 17.4. The molecule has 2 aliphatic heterocycles. The fourth-order valence-electron chi connectivity index (χ4n) is 4.13. The number of aliphatic carboxylic acids is 1. The van der Waals surface area contributed by atoms with Gasteiger partial charge in [0, 0.05) is 9.90 Å². The van der Waals surface area contributed by atoms with E-state index in [1.807, 2.05) is 0 Å². The van der Waals surface area contributed by atoms with Gasteiger partial charge in [0.15, 0.2) is 5.54 Å². The van der Waals surface area contributed by atoms with Gasteiger partial charge in [-0.05, 0) is 36.8 Å². The second-order valence-corrected chi connectivity index (χ2v) is 9.30. The highest BCUT2D eigenvalue weighted by molar-refractivity contribution is 7.16. The van der Waals surface area contributed by atoms with Gasteiger partial charge >= 0.3 is 5.97 Å². The third-order valence-electron chi connectivity index (χ3n) is 5.60. The van der Waals surface area contributed by atoms with E-state index < -0.39 is 47.8 Å². The minimum Gasteiger partial charge on any atom is -0.480 e. The number of benzene rings is 1. The average molecular weight is 455 g/mol. The van der Waals surface area contributed by atoms with E-state index in [0.29, 0.717) is 14.2 Å². The van der Waals surface area contributed by atoms with Gasteiger partial charge < -0.3 is 10.2 Å². The lowest BCUT2D eigenvalue weighted by molar-refractivity contribution is -0.150. The van der Waals surface area contributed by atoms with Crippen LogP contribution in [0.2, 0.25) is 9.36 Å². The monoisotopic (exact) mass is 454 g/mol. The number of nitrogens with zero attached hydrogens (tertiary/aromatic N) is 1. The summed E-state index contributed by atoms with van der Waals surface area (Å²) in [5.74, 6) is -4.90. The van der Waals surface area contributed by atoms with Crippen LogP contribution in [0.15, 0.2) is 30.3 Å². The SMILES string of the molecule is Cc1ccc(N2C(=O)C3C(c4ccc(Cl)s4)NC(CO)(C(=O)O)C3C2=O)cc1Cl. The molecule has 4 rings (SSSR count). The molecule has 2 saturated heterocycles. The molecule has 2 fully saturated rings. The first-order chi connectivity index (χ1) is 13.7. The number of halogens is 2. The number of carboxylic acids is 1. The molecule has 0 bridgehead atoms. The smallest absolute Gasteiger partial charge is 0.327 e. The van der Waals surface area contributed by atoms with Crippen molar-refractivity contribution in [1.29, 1.82) is 0 Å². The Morgan fingerprint density at radius 1 is 1.24 bits per heavy atom. The highest BCUT2D eigenvalue weighted by Gasteiger charge is 2.69. The number of hydrogen-bond acceptors (Lipinski definition) is 6. The minimum atomic E-state index is -1.98. The minimum absolute atomic E-state index is 0.269. The number of nitrogens with one attached hydrogen (secondary N) is 1. The number of aliphatic hydroxyl groups is 1. The summed E-state index contributed by atoms with van der Waals surface area (Å²) >= 11 is 13.4. The molecule has 4 unspecified atom stereocenters. The van der Waals surface area contributed by atoms with Gasteiger partial charge in [0.1, 0.15) is 0 Å². The number of carbonyl (C=O) groups excluding carboxylic acids is 2. The normalized spacial score (nSPS) is 28.8. The zero-order chi connectivity index (χ0) is 21.1. The van der Waals surface area contributed by atoms with Crippen molar-refractivity contribution in [3.05, 3.63) is 50.1 Å². The Hall–Kier alpha value is -1.97. The van der Waals surface area contributed by atoms with Gasteiger partial charge in [-0.25, -0.2) is 4.90 Å². The highest BCUT2D eigenvalue weighted by Crippen LogP contribution is 2.51. The second kappa shape index (κ2) is 7.07. The Balaban J connectivity index is 1.85. The van der Waals surface area contributed by atoms with Crippen LogP contribution in [0.25, 0.3) is 0 Å². The summed E-state index contributed by atoms with van der Waals surface area (Å²) in [5, 5.41) is 23.1. The van der Waals surface area contributed by atoms with E-state index in [1.165, 1.54) is 17.4 Å². The zero-order valence-electron chi connectivity index (χ0n) is 15.1. The molecule has 2 aliphatic rings. The number of hydrogen-bond donors (Lipinski definition) is 3. The molecule has 152 valence electrons. The molecule has 29 heavy (non-hydrogen) atoms. The number of amides is 2. The number of aryl methyl sites for hydroxylation is 1. The van der Waals surface area contributed by atoms with Crippen LogP contribution in [0.1, 0.15) is 16.5 Å². The summed E-state index contributed by atoms with van der Waals surface area (Å²) in [7, 11) is 0. The molecule has 0 radical (unpaired) electrons. The Labute approximate surface area is 179 Å². The lowest BCUT2D eigenvalue weighted by atomic mass is 9.80. The van der Waals surface area contributed by atoms with Crippen molar-refractivity contribution in [2.45, 2.75) is 18.5 Å². The van der Waals surface area contributed by atoms with E-state index >= 15 is 0 Å². The molecule has 2 amide bonds. The maximum absolute atomic E-state index is 13.3. The van der Waals surface area contributed by atoms with Gasteiger partial charge in [0.05, 0.1) is 34.5 Å². The molecule has 0 spiro atoms. The van der Waals surface area contributed by atoms with Crippen LogP contribution in [-0.4, -0.2) is 40.1 Å². The van der Waals surface area contributed by atoms with Gasteiger partial charge in [0.2, 0.25) is 11.8 Å². The molecule has 0 saturated carbocycles. The standard InChI is InChI=1S/C19H16Cl2N2O5S/c1-8-2-3-9(6-10(8)20)23-16(25)13-14(17(23)26)19(7-24,18(27)28)22-15(13)11-4-5-12(21)29-11/h2-6,13-15,22,24H,7H2,1H3,(H,27,28). The Morgan fingerprint density at radius 2 is 1.97 bits per heavy atom. The van der Waals surface area contributed by atoms with Crippen molar-refractivity contribution < 1.29 is 24.6 Å². The number of carbonyl (C=O) groups is 3. The van der Waals surface area contributed by atoms with Gasteiger partial charge in [-0.15, -0.1) is 11.3 Å². The maximum Gasteiger partial charge on any atom is 0.327 e. The van der Waals surface area contributed by atoms with Crippen LogP contribution in [0.4, 0.5) is 5.69 Å². The quantitative estimate of drug-likeness (QED) is 0.612. The Kier molecular flexibility index (Phi) is 4.95. The van der Waals surface area contributed by atoms with E-state index in [0.717, 1.165) is 10.5 Å². The highest BCUT2D eigenvalue weighted by atomic mass is 35.5. The first kappa shape index (κ1) is 20.3. The molecule has 1 aromatic carbocycles. The molecule has 0 aliphatic carbocycles. The molecule has 3 heterocycles. The average Bonchev–Trinajstić information content (AvgIpc) is 3.32. The van der Waals surface area contributed by atoms with Crippen LogP contribution in [0.5, 0.6) is 0 Å². The predicted molar refractivity (Wildman–Crippen MR) is 108 cm³/mol. The Morgan fingerprint density at radius 3 is 2.52 bits per heavy atom. The number of aliphatic hydroxyl groups excluding tert-OH is 1. The number of fused-ring (bicyclic) bond motifs is 1. The van der Waals surface area contributed by atoms with E-state index in [-0.39, 0.29) is 5.69 Å². The molecular weight excluding hydrogens is 439 g/mol. The third-order valence-corrected chi connectivity index (χ3v) is 7.32. The summed E-state index contributed by atoms with van der Waals surface area (Å²) in [6, 6.07) is 7.31. The van der Waals surface area contributed by atoms with E-state index in [2.05, 4.69) is 5.32 Å². The van der Waals surface area contributed by atoms with Gasteiger partial charge in [0.25, 0.3) is 0 Å². The second-order valence-electron chi connectivity index (χ2n) is 7.15. The first-order valence-corrected chi connectivity index (χ1v) is 10.3. The summed E-state index contributed by atoms with van der Waals surface area (Å²) in [5.41, 5.74) is -0.940. The van der Waals surface area contributed by atoms with Crippen molar-refractivity contribution in [2.24, 2.45) is 11.8 Å². The van der Waals surface area contributed by atoms with Crippen molar-refractivity contribution in [1.82, 2.24) is 5.32 Å². The third kappa shape index (κ3) is 2.90. The molecule has 1 aromatic heterocycles. The van der Waals surface area contributed by atoms with E-state index in [9.17, 15) is 24.6 Å². The summed E-state index contributed by atoms with van der Waals surface area (Å²) in [6.45, 7) is 0.941. The lowest BCUT2D eigenvalue weighted by Crippen LogP contribution is -2.58. The van der Waals surface area contributed by atoms with Crippen LogP contribution < -0.4 is 10.2 Å². The van der Waals surface area contributed by atoms with Crippen LogP contribution in [-0.2, 0) is 14.4 Å². The summed E-state index contributed by atoms with van der Waals surface area (Å²) in [6.07, 6.45) is 0. The molecule has 10 heteroatoms. The van der Waals surface area contributed by atoms with Crippen LogP contribution in [0, 0.1) is 18.8 Å². The number of imide groups is 1. The van der Waals surface area contributed by atoms with Gasteiger partial charge in [-0.1, -0.05) is 29.3 Å². The summed E-state index contributed by atoms with van der Waals surface area (Å²) < 4.78 is 0.467. The topological polar surface area (TPSA) is 107 Å². The largest absolute Gasteiger partial charge is 0.480 e. The molecular formula is C19H16Cl2N2O5S. The van der Waals surface area contributed by atoms with Crippen LogP contribution >= 0.6 is 34.5 Å². The van der Waals surface area contributed by atoms with Gasteiger partial charge in [-0.3, -0.25) is 19.7 Å². The fourth-order valence-corrected chi connectivity index (χ4v) is 5.46. The van der Waals surface area contributed by atoms with Crippen molar-refractivity contribution in [2.75, 3.05) is 11.5 Å². The van der Waals surface area contributed by atoms with E-state index in [4.69, 9.17) is 23.2 Å². The first-order valence-electron chi connectivity index (χ1n) is 8.72. The van der Waals surface area contributed by atoms with E-state index in [1.54, 1.807) is 31.2 Å². The predicted octanol–water partition coefficient (Wildman–Crippen LogP) is 2.63. The molecule has 7 nitrogen and oxygen atoms in total. The van der Waals surface area contributed by atoms with Crippen molar-refractivity contribution in [3.8, 4) is 0 Å².